The second-order valence-corrected chi connectivity index (χ2v) is 6.83. The zero-order valence-corrected chi connectivity index (χ0v) is 14.1. The standard InChI is InChI=1S/C17H22ClN3O3/c18-11-3-5-14(13(7-11)16(22)20-9-10-1-2-10)21-17(23)15-6-4-12(8-19)24-15/h3,5,7,10,12,15H,1-2,4,6,8-9,19H2,(H,20,22)(H,21,23)/t12-,15+/m1/s1. The Morgan fingerprint density at radius 1 is 1.25 bits per heavy atom. The van der Waals surface area contributed by atoms with E-state index in [2.05, 4.69) is 10.6 Å². The summed E-state index contributed by atoms with van der Waals surface area (Å²) in [5.41, 5.74) is 6.38. The molecule has 2 amide bonds. The van der Waals surface area contributed by atoms with Crippen molar-refractivity contribution in [3.05, 3.63) is 28.8 Å². The summed E-state index contributed by atoms with van der Waals surface area (Å²) < 4.78 is 5.59. The Bertz CT molecular complexity index is 634. The molecule has 0 spiro atoms. The van der Waals surface area contributed by atoms with Gasteiger partial charge in [0, 0.05) is 18.1 Å². The fourth-order valence-electron chi connectivity index (χ4n) is 2.75. The fourth-order valence-corrected chi connectivity index (χ4v) is 2.92. The third-order valence-electron chi connectivity index (χ3n) is 4.40. The molecule has 3 rings (SSSR count). The predicted molar refractivity (Wildman–Crippen MR) is 92.1 cm³/mol. The maximum atomic E-state index is 12.4. The van der Waals surface area contributed by atoms with E-state index >= 15 is 0 Å². The number of carbonyl (C=O) groups is 2. The average Bonchev–Trinajstić information content (AvgIpc) is 3.28. The number of rotatable bonds is 6. The summed E-state index contributed by atoms with van der Waals surface area (Å²) in [4.78, 5) is 24.8. The smallest absolute Gasteiger partial charge is 0.253 e. The quantitative estimate of drug-likeness (QED) is 0.730. The van der Waals surface area contributed by atoms with Gasteiger partial charge in [-0.3, -0.25) is 9.59 Å². The number of benzene rings is 1. The molecular weight excluding hydrogens is 330 g/mol. The van der Waals surface area contributed by atoms with E-state index in [0.717, 1.165) is 19.3 Å². The molecule has 1 aromatic carbocycles. The maximum Gasteiger partial charge on any atom is 0.253 e. The van der Waals surface area contributed by atoms with E-state index in [1.165, 1.54) is 0 Å². The zero-order valence-electron chi connectivity index (χ0n) is 13.4. The molecule has 1 saturated heterocycles. The molecule has 2 aliphatic rings. The lowest BCUT2D eigenvalue weighted by molar-refractivity contribution is -0.126. The maximum absolute atomic E-state index is 12.4. The highest BCUT2D eigenvalue weighted by molar-refractivity contribution is 6.31. The number of nitrogens with two attached hydrogens (primary N) is 1. The molecule has 1 heterocycles. The monoisotopic (exact) mass is 351 g/mol. The van der Waals surface area contributed by atoms with Crippen LogP contribution in [0.25, 0.3) is 0 Å². The van der Waals surface area contributed by atoms with Gasteiger partial charge >= 0.3 is 0 Å². The average molecular weight is 352 g/mol. The first-order chi connectivity index (χ1) is 11.6. The molecule has 1 saturated carbocycles. The van der Waals surface area contributed by atoms with E-state index in [9.17, 15) is 9.59 Å². The second kappa shape index (κ2) is 7.51. The van der Waals surface area contributed by atoms with Gasteiger partial charge in [-0.15, -0.1) is 0 Å². The van der Waals surface area contributed by atoms with Crippen LogP contribution in [0, 0.1) is 5.92 Å². The molecule has 0 unspecified atom stereocenters. The van der Waals surface area contributed by atoms with Gasteiger partial charge in [-0.05, 0) is 49.8 Å². The molecule has 1 aliphatic heterocycles. The van der Waals surface area contributed by atoms with Crippen molar-refractivity contribution < 1.29 is 14.3 Å². The lowest BCUT2D eigenvalue weighted by Gasteiger charge is -2.15. The summed E-state index contributed by atoms with van der Waals surface area (Å²) >= 11 is 6.01. The first-order valence-corrected chi connectivity index (χ1v) is 8.68. The van der Waals surface area contributed by atoms with Gasteiger partial charge in [0.15, 0.2) is 0 Å². The van der Waals surface area contributed by atoms with E-state index in [4.69, 9.17) is 22.1 Å². The minimum absolute atomic E-state index is 0.0766. The van der Waals surface area contributed by atoms with Crippen molar-refractivity contribution in [2.24, 2.45) is 11.7 Å². The molecule has 6 nitrogen and oxygen atoms in total. The van der Waals surface area contributed by atoms with E-state index in [1.807, 2.05) is 0 Å². The Hall–Kier alpha value is -1.63. The van der Waals surface area contributed by atoms with Gasteiger partial charge in [0.25, 0.3) is 11.8 Å². The van der Waals surface area contributed by atoms with Gasteiger partial charge in [0.05, 0.1) is 17.4 Å². The number of nitrogens with one attached hydrogen (secondary N) is 2. The minimum Gasteiger partial charge on any atom is -0.364 e. The van der Waals surface area contributed by atoms with Crippen LogP contribution in [0.15, 0.2) is 18.2 Å². The summed E-state index contributed by atoms with van der Waals surface area (Å²) in [6.45, 7) is 1.06. The summed E-state index contributed by atoms with van der Waals surface area (Å²) in [5.74, 6) is 0.0858. The van der Waals surface area contributed by atoms with Crippen LogP contribution in [-0.2, 0) is 9.53 Å². The van der Waals surface area contributed by atoms with Gasteiger partial charge in [0.1, 0.15) is 6.10 Å². The number of ether oxygens (including phenoxy) is 1. The van der Waals surface area contributed by atoms with Crippen molar-refractivity contribution in [2.75, 3.05) is 18.4 Å². The molecule has 1 aliphatic carbocycles. The molecule has 0 bridgehead atoms. The first kappa shape index (κ1) is 17.2. The highest BCUT2D eigenvalue weighted by atomic mass is 35.5. The van der Waals surface area contributed by atoms with Crippen LogP contribution < -0.4 is 16.4 Å². The molecule has 0 radical (unpaired) electrons. The number of hydrogen-bond donors (Lipinski definition) is 3. The Labute approximate surface area is 146 Å². The van der Waals surface area contributed by atoms with E-state index in [0.29, 0.717) is 41.7 Å². The number of carbonyl (C=O) groups excluding carboxylic acids is 2. The van der Waals surface area contributed by atoms with E-state index in [-0.39, 0.29) is 17.9 Å². The Morgan fingerprint density at radius 3 is 2.71 bits per heavy atom. The molecular formula is C17H22ClN3O3. The Kier molecular flexibility index (Phi) is 5.38. The van der Waals surface area contributed by atoms with Crippen molar-refractivity contribution >= 4 is 29.1 Å². The third-order valence-corrected chi connectivity index (χ3v) is 4.63. The van der Waals surface area contributed by atoms with Crippen LogP contribution in [0.4, 0.5) is 5.69 Å². The van der Waals surface area contributed by atoms with Crippen molar-refractivity contribution in [3.8, 4) is 0 Å². The molecule has 1 aromatic rings. The van der Waals surface area contributed by atoms with Gasteiger partial charge in [-0.1, -0.05) is 11.6 Å². The Morgan fingerprint density at radius 2 is 2.04 bits per heavy atom. The molecule has 4 N–H and O–H groups in total. The minimum atomic E-state index is -0.531. The number of halogens is 1. The van der Waals surface area contributed by atoms with Crippen molar-refractivity contribution in [2.45, 2.75) is 37.9 Å². The third kappa shape index (κ3) is 4.26. The molecule has 7 heteroatoms. The van der Waals surface area contributed by atoms with Crippen LogP contribution in [0.2, 0.25) is 5.02 Å². The molecule has 2 fully saturated rings. The zero-order chi connectivity index (χ0) is 17.1. The molecule has 130 valence electrons. The van der Waals surface area contributed by atoms with E-state index in [1.54, 1.807) is 18.2 Å². The fraction of sp³-hybridized carbons (Fsp3) is 0.529. The molecule has 2 atom stereocenters. The van der Waals surface area contributed by atoms with Crippen LogP contribution in [0.1, 0.15) is 36.0 Å². The van der Waals surface area contributed by atoms with Gasteiger partial charge in [-0.2, -0.15) is 0 Å². The van der Waals surface area contributed by atoms with Crippen molar-refractivity contribution in [1.29, 1.82) is 0 Å². The van der Waals surface area contributed by atoms with Crippen LogP contribution in [0.3, 0.4) is 0 Å². The van der Waals surface area contributed by atoms with Gasteiger partial charge < -0.3 is 21.1 Å². The summed E-state index contributed by atoms with van der Waals surface area (Å²) in [6.07, 6.45) is 3.10. The summed E-state index contributed by atoms with van der Waals surface area (Å²) in [7, 11) is 0. The first-order valence-electron chi connectivity index (χ1n) is 8.31. The van der Waals surface area contributed by atoms with Gasteiger partial charge in [-0.25, -0.2) is 0 Å². The van der Waals surface area contributed by atoms with Crippen LogP contribution in [0.5, 0.6) is 0 Å². The Balaban J connectivity index is 1.67. The number of hydrogen-bond acceptors (Lipinski definition) is 4. The largest absolute Gasteiger partial charge is 0.364 e. The van der Waals surface area contributed by atoms with Crippen molar-refractivity contribution in [1.82, 2.24) is 5.32 Å². The normalized spacial score (nSPS) is 23.1. The lowest BCUT2D eigenvalue weighted by atomic mass is 10.1. The highest BCUT2D eigenvalue weighted by Gasteiger charge is 2.30. The van der Waals surface area contributed by atoms with Crippen LogP contribution >= 0.6 is 11.6 Å². The number of amides is 2. The SMILES string of the molecule is NC[C@H]1CC[C@@H](C(=O)Nc2ccc(Cl)cc2C(=O)NCC2CC2)O1. The highest BCUT2D eigenvalue weighted by Crippen LogP contribution is 2.28. The lowest BCUT2D eigenvalue weighted by Crippen LogP contribution is -2.31. The summed E-state index contributed by atoms with van der Waals surface area (Å²) in [6, 6.07) is 4.85. The van der Waals surface area contributed by atoms with Crippen molar-refractivity contribution in [3.63, 3.8) is 0 Å². The predicted octanol–water partition coefficient (Wildman–Crippen LogP) is 1.92. The number of anilines is 1. The van der Waals surface area contributed by atoms with Crippen LogP contribution in [-0.4, -0.2) is 37.1 Å². The molecule has 0 aromatic heterocycles. The second-order valence-electron chi connectivity index (χ2n) is 6.39. The summed E-state index contributed by atoms with van der Waals surface area (Å²) in [5, 5.41) is 6.12. The van der Waals surface area contributed by atoms with Gasteiger partial charge in [0.2, 0.25) is 0 Å². The van der Waals surface area contributed by atoms with E-state index < -0.39 is 6.10 Å². The molecule has 24 heavy (non-hydrogen) atoms. The topological polar surface area (TPSA) is 93.5 Å².